The molecular weight excluding hydrogens is 423 g/mol. The highest BCUT2D eigenvalue weighted by Crippen LogP contribution is 2.33. The number of nitrogens with zero attached hydrogens (tertiary/aromatic N) is 1. The van der Waals surface area contributed by atoms with Crippen molar-refractivity contribution in [2.75, 3.05) is 25.5 Å². The minimum Gasteiger partial charge on any atom is -0.497 e. The monoisotopic (exact) mass is 440 g/mol. The molecule has 1 N–H and O–H groups in total. The quantitative estimate of drug-likeness (QED) is 0.668. The van der Waals surface area contributed by atoms with Crippen LogP contribution in [0, 0.1) is 5.92 Å². The lowest BCUT2D eigenvalue weighted by Gasteiger charge is -2.31. The number of hydrogen-bond donors (Lipinski definition) is 1. The highest BCUT2D eigenvalue weighted by Gasteiger charge is 2.28. The highest BCUT2D eigenvalue weighted by atomic mass is 35.5. The third kappa shape index (κ3) is 4.72. The zero-order chi connectivity index (χ0) is 20.3. The number of piperidine rings is 1. The number of ether oxygens (including phenoxy) is 1. The third-order valence-corrected chi connectivity index (χ3v) is 5.79. The number of carbonyl (C=O) groups excluding carboxylic acids is 2. The Hall–Kier alpha value is -1.95. The number of anilines is 1. The standard InChI is InChI=1S/C20H19Cl3N2O3/c1-28-14-4-2-13(3-5-14)20(27)25-8-6-12(7-9-25)19(26)24-18-11-16(22)15(21)10-17(18)23/h2-5,10-12H,6-9H2,1H3,(H,24,26). The van der Waals surface area contributed by atoms with E-state index in [9.17, 15) is 9.59 Å². The van der Waals surface area contributed by atoms with Crippen LogP contribution < -0.4 is 10.1 Å². The van der Waals surface area contributed by atoms with E-state index in [1.165, 1.54) is 12.1 Å². The van der Waals surface area contributed by atoms with Crippen molar-refractivity contribution in [2.45, 2.75) is 12.8 Å². The molecule has 8 heteroatoms. The molecule has 0 aromatic heterocycles. The number of nitrogens with one attached hydrogen (secondary N) is 1. The van der Waals surface area contributed by atoms with Crippen LogP contribution in [0.2, 0.25) is 15.1 Å². The van der Waals surface area contributed by atoms with Gasteiger partial charge in [-0.05, 0) is 49.2 Å². The van der Waals surface area contributed by atoms with Crippen molar-refractivity contribution in [3.8, 4) is 5.75 Å². The van der Waals surface area contributed by atoms with Crippen molar-refractivity contribution >= 4 is 52.3 Å². The van der Waals surface area contributed by atoms with E-state index in [1.54, 1.807) is 36.3 Å². The van der Waals surface area contributed by atoms with Gasteiger partial charge in [-0.15, -0.1) is 0 Å². The predicted octanol–water partition coefficient (Wildman–Crippen LogP) is 5.15. The van der Waals surface area contributed by atoms with Crippen molar-refractivity contribution in [2.24, 2.45) is 5.92 Å². The Morgan fingerprint density at radius 3 is 2.21 bits per heavy atom. The predicted molar refractivity (Wildman–Crippen MR) is 112 cm³/mol. The molecule has 28 heavy (non-hydrogen) atoms. The molecule has 2 aromatic rings. The SMILES string of the molecule is COc1ccc(C(=O)N2CCC(C(=O)Nc3cc(Cl)c(Cl)cc3Cl)CC2)cc1. The fraction of sp³-hybridized carbons (Fsp3) is 0.300. The van der Waals surface area contributed by atoms with Gasteiger partial charge in [0.05, 0.1) is 27.9 Å². The van der Waals surface area contributed by atoms with E-state index < -0.39 is 0 Å². The molecular formula is C20H19Cl3N2O3. The van der Waals surface area contributed by atoms with Gasteiger partial charge in [-0.2, -0.15) is 0 Å². The van der Waals surface area contributed by atoms with E-state index >= 15 is 0 Å². The molecule has 2 amide bonds. The van der Waals surface area contributed by atoms with Crippen molar-refractivity contribution in [1.82, 2.24) is 4.90 Å². The Morgan fingerprint density at radius 1 is 1.00 bits per heavy atom. The molecule has 1 aliphatic heterocycles. The molecule has 1 heterocycles. The first kappa shape index (κ1) is 20.8. The van der Waals surface area contributed by atoms with Crippen LogP contribution in [0.1, 0.15) is 23.2 Å². The minimum atomic E-state index is -0.203. The van der Waals surface area contributed by atoms with Crippen LogP contribution >= 0.6 is 34.8 Å². The summed E-state index contributed by atoms with van der Waals surface area (Å²) in [6.07, 6.45) is 1.15. The van der Waals surface area contributed by atoms with Crippen molar-refractivity contribution in [3.63, 3.8) is 0 Å². The van der Waals surface area contributed by atoms with E-state index in [1.807, 2.05) is 0 Å². The molecule has 0 atom stereocenters. The first-order valence-electron chi connectivity index (χ1n) is 8.77. The van der Waals surface area contributed by atoms with Gasteiger partial charge < -0.3 is 15.0 Å². The molecule has 1 fully saturated rings. The number of likely N-dealkylation sites (tertiary alicyclic amines) is 1. The van der Waals surface area contributed by atoms with Gasteiger partial charge in [-0.25, -0.2) is 0 Å². The normalized spacial score (nSPS) is 14.6. The van der Waals surface area contributed by atoms with Gasteiger partial charge in [0, 0.05) is 24.6 Å². The highest BCUT2D eigenvalue weighted by molar-refractivity contribution is 6.44. The average Bonchev–Trinajstić information content (AvgIpc) is 2.71. The van der Waals surface area contributed by atoms with Crippen molar-refractivity contribution in [3.05, 3.63) is 57.0 Å². The van der Waals surface area contributed by atoms with Crippen LogP contribution in [0.15, 0.2) is 36.4 Å². The Balaban J connectivity index is 1.58. The summed E-state index contributed by atoms with van der Waals surface area (Å²) in [5.74, 6) is 0.309. The van der Waals surface area contributed by atoms with E-state index in [0.717, 1.165) is 0 Å². The van der Waals surface area contributed by atoms with Gasteiger partial charge in [0.15, 0.2) is 0 Å². The van der Waals surface area contributed by atoms with Crippen LogP contribution in [0.25, 0.3) is 0 Å². The zero-order valence-electron chi connectivity index (χ0n) is 15.2. The maximum Gasteiger partial charge on any atom is 0.253 e. The van der Waals surface area contributed by atoms with Crippen LogP contribution in [-0.4, -0.2) is 36.9 Å². The molecule has 0 unspecified atom stereocenters. The average molecular weight is 442 g/mol. The number of hydrogen-bond acceptors (Lipinski definition) is 3. The second kappa shape index (κ2) is 9.03. The summed E-state index contributed by atoms with van der Waals surface area (Å²) in [6.45, 7) is 1.02. The number of methoxy groups -OCH3 is 1. The lowest BCUT2D eigenvalue weighted by molar-refractivity contribution is -0.121. The van der Waals surface area contributed by atoms with Crippen molar-refractivity contribution < 1.29 is 14.3 Å². The molecule has 0 saturated carbocycles. The largest absolute Gasteiger partial charge is 0.497 e. The van der Waals surface area contributed by atoms with E-state index in [2.05, 4.69) is 5.32 Å². The number of benzene rings is 2. The molecule has 3 rings (SSSR count). The van der Waals surface area contributed by atoms with Crippen LogP contribution in [0.4, 0.5) is 5.69 Å². The summed E-state index contributed by atoms with van der Waals surface area (Å²) in [7, 11) is 1.58. The Morgan fingerprint density at radius 2 is 1.61 bits per heavy atom. The molecule has 0 spiro atoms. The molecule has 0 bridgehead atoms. The van der Waals surface area contributed by atoms with E-state index in [0.29, 0.717) is 58.0 Å². The summed E-state index contributed by atoms with van der Waals surface area (Å²) in [4.78, 5) is 27.0. The first-order chi connectivity index (χ1) is 13.4. The van der Waals surface area contributed by atoms with Crippen LogP contribution in [0.5, 0.6) is 5.75 Å². The molecule has 1 saturated heterocycles. The van der Waals surface area contributed by atoms with Gasteiger partial charge in [-0.1, -0.05) is 34.8 Å². The molecule has 0 aliphatic carbocycles. The molecule has 2 aromatic carbocycles. The number of amides is 2. The summed E-state index contributed by atoms with van der Waals surface area (Å²) in [6, 6.07) is 10.0. The fourth-order valence-corrected chi connectivity index (χ4v) is 3.71. The Labute approximate surface area is 178 Å². The van der Waals surface area contributed by atoms with Gasteiger partial charge in [-0.3, -0.25) is 9.59 Å². The number of carbonyl (C=O) groups is 2. The molecule has 1 aliphatic rings. The smallest absolute Gasteiger partial charge is 0.253 e. The van der Waals surface area contributed by atoms with Crippen LogP contribution in [-0.2, 0) is 4.79 Å². The Bertz CT molecular complexity index is 879. The van der Waals surface area contributed by atoms with Gasteiger partial charge in [0.25, 0.3) is 5.91 Å². The molecule has 0 radical (unpaired) electrons. The first-order valence-corrected chi connectivity index (χ1v) is 9.91. The van der Waals surface area contributed by atoms with E-state index in [4.69, 9.17) is 39.5 Å². The topological polar surface area (TPSA) is 58.6 Å². The van der Waals surface area contributed by atoms with Crippen molar-refractivity contribution in [1.29, 1.82) is 0 Å². The molecule has 5 nitrogen and oxygen atoms in total. The number of rotatable bonds is 4. The zero-order valence-corrected chi connectivity index (χ0v) is 17.4. The lowest BCUT2D eigenvalue weighted by atomic mass is 9.95. The summed E-state index contributed by atoms with van der Waals surface area (Å²) in [5, 5.41) is 3.78. The summed E-state index contributed by atoms with van der Waals surface area (Å²) >= 11 is 18.0. The second-order valence-electron chi connectivity index (χ2n) is 6.53. The minimum absolute atomic E-state index is 0.0472. The summed E-state index contributed by atoms with van der Waals surface area (Å²) in [5.41, 5.74) is 1.03. The Kier molecular flexibility index (Phi) is 6.70. The second-order valence-corrected chi connectivity index (χ2v) is 7.75. The summed E-state index contributed by atoms with van der Waals surface area (Å²) < 4.78 is 5.11. The maximum atomic E-state index is 12.6. The lowest BCUT2D eigenvalue weighted by Crippen LogP contribution is -2.41. The van der Waals surface area contributed by atoms with Gasteiger partial charge in [0.1, 0.15) is 5.75 Å². The van der Waals surface area contributed by atoms with Crippen LogP contribution in [0.3, 0.4) is 0 Å². The third-order valence-electron chi connectivity index (χ3n) is 4.76. The van der Waals surface area contributed by atoms with Gasteiger partial charge in [0.2, 0.25) is 5.91 Å². The molecule has 148 valence electrons. The fourth-order valence-electron chi connectivity index (χ4n) is 3.11. The van der Waals surface area contributed by atoms with Gasteiger partial charge >= 0.3 is 0 Å². The van der Waals surface area contributed by atoms with E-state index in [-0.39, 0.29) is 17.7 Å². The maximum absolute atomic E-state index is 12.6. The number of halogens is 3.